The maximum absolute atomic E-state index is 11.4. The van der Waals surface area contributed by atoms with Crippen LogP contribution in [0.4, 0.5) is 4.79 Å². The summed E-state index contributed by atoms with van der Waals surface area (Å²) in [5, 5.41) is 0. The van der Waals surface area contributed by atoms with Crippen molar-refractivity contribution in [1.82, 2.24) is 9.80 Å². The standard InChI is InChI=1S/C11H23N3O2/c1-13(2)5-4-9-7-14(11(15)16-3)8-10(9)6-12/h9-10H,4-8,12H2,1-3H3. The lowest BCUT2D eigenvalue weighted by Gasteiger charge is -2.18. The average molecular weight is 229 g/mol. The number of hydrogen-bond acceptors (Lipinski definition) is 4. The highest BCUT2D eigenvalue weighted by molar-refractivity contribution is 5.67. The minimum absolute atomic E-state index is 0.231. The molecular weight excluding hydrogens is 206 g/mol. The fraction of sp³-hybridized carbons (Fsp3) is 0.909. The van der Waals surface area contributed by atoms with Gasteiger partial charge in [-0.2, -0.15) is 0 Å². The second-order valence-corrected chi connectivity index (χ2v) is 4.72. The SMILES string of the molecule is COC(=O)N1CC(CN)C(CCN(C)C)C1. The van der Waals surface area contributed by atoms with Crippen LogP contribution in [0.2, 0.25) is 0 Å². The number of nitrogens with two attached hydrogens (primary N) is 1. The third kappa shape index (κ3) is 3.35. The van der Waals surface area contributed by atoms with E-state index in [1.165, 1.54) is 7.11 Å². The van der Waals surface area contributed by atoms with Crippen molar-refractivity contribution in [2.75, 3.05) is 47.4 Å². The molecule has 1 heterocycles. The summed E-state index contributed by atoms with van der Waals surface area (Å²) in [6.07, 6.45) is 0.855. The Hall–Kier alpha value is -0.810. The van der Waals surface area contributed by atoms with E-state index in [1.54, 1.807) is 4.90 Å². The van der Waals surface area contributed by atoms with E-state index < -0.39 is 0 Å². The van der Waals surface area contributed by atoms with Gasteiger partial charge < -0.3 is 20.3 Å². The molecule has 2 atom stereocenters. The van der Waals surface area contributed by atoms with Gasteiger partial charge in [-0.25, -0.2) is 4.79 Å². The van der Waals surface area contributed by atoms with Crippen molar-refractivity contribution in [2.24, 2.45) is 17.6 Å². The van der Waals surface area contributed by atoms with Crippen LogP contribution >= 0.6 is 0 Å². The minimum Gasteiger partial charge on any atom is -0.453 e. The Morgan fingerprint density at radius 3 is 2.56 bits per heavy atom. The zero-order chi connectivity index (χ0) is 12.1. The van der Waals surface area contributed by atoms with Crippen LogP contribution in [-0.4, -0.2) is 63.3 Å². The predicted molar refractivity (Wildman–Crippen MR) is 63.2 cm³/mol. The molecule has 2 unspecified atom stereocenters. The summed E-state index contributed by atoms with van der Waals surface area (Å²) in [5.41, 5.74) is 5.74. The zero-order valence-corrected chi connectivity index (χ0v) is 10.5. The number of ether oxygens (including phenoxy) is 1. The number of nitrogens with zero attached hydrogens (tertiary/aromatic N) is 2. The molecule has 16 heavy (non-hydrogen) atoms. The van der Waals surface area contributed by atoms with Gasteiger partial charge in [-0.15, -0.1) is 0 Å². The van der Waals surface area contributed by atoms with Gasteiger partial charge in [-0.3, -0.25) is 0 Å². The largest absolute Gasteiger partial charge is 0.453 e. The van der Waals surface area contributed by atoms with Crippen LogP contribution in [0, 0.1) is 11.8 Å². The molecule has 1 aliphatic heterocycles. The highest BCUT2D eigenvalue weighted by Gasteiger charge is 2.34. The van der Waals surface area contributed by atoms with E-state index >= 15 is 0 Å². The normalized spacial score (nSPS) is 25.2. The summed E-state index contributed by atoms with van der Waals surface area (Å²) >= 11 is 0. The van der Waals surface area contributed by atoms with E-state index in [2.05, 4.69) is 19.0 Å². The molecular formula is C11H23N3O2. The summed E-state index contributed by atoms with van der Waals surface area (Å²) < 4.78 is 4.74. The molecule has 0 aromatic heterocycles. The van der Waals surface area contributed by atoms with Gasteiger partial charge in [-0.1, -0.05) is 0 Å². The first kappa shape index (κ1) is 13.3. The summed E-state index contributed by atoms with van der Waals surface area (Å²) in [6.45, 7) is 3.20. The smallest absolute Gasteiger partial charge is 0.409 e. The average Bonchev–Trinajstić information content (AvgIpc) is 2.68. The van der Waals surface area contributed by atoms with Gasteiger partial charge in [-0.05, 0) is 45.4 Å². The van der Waals surface area contributed by atoms with Gasteiger partial charge in [0.05, 0.1) is 7.11 Å². The molecule has 0 bridgehead atoms. The fourth-order valence-electron chi connectivity index (χ4n) is 2.23. The van der Waals surface area contributed by atoms with Crippen molar-refractivity contribution < 1.29 is 9.53 Å². The highest BCUT2D eigenvalue weighted by Crippen LogP contribution is 2.25. The number of methoxy groups -OCH3 is 1. The molecule has 0 spiro atoms. The van der Waals surface area contributed by atoms with Crippen LogP contribution in [-0.2, 0) is 4.74 Å². The van der Waals surface area contributed by atoms with Gasteiger partial charge in [0.15, 0.2) is 0 Å². The number of likely N-dealkylation sites (tertiary alicyclic amines) is 1. The molecule has 2 N–H and O–H groups in total. The molecule has 1 fully saturated rings. The molecule has 1 aliphatic rings. The Morgan fingerprint density at radius 1 is 1.44 bits per heavy atom. The van der Waals surface area contributed by atoms with Crippen LogP contribution in [0.15, 0.2) is 0 Å². The Kier molecular flexibility index (Phi) is 5.02. The predicted octanol–water partition coefficient (Wildman–Crippen LogP) is 0.211. The highest BCUT2D eigenvalue weighted by atomic mass is 16.5. The van der Waals surface area contributed by atoms with Gasteiger partial charge in [0.1, 0.15) is 0 Å². The number of rotatable bonds is 4. The van der Waals surface area contributed by atoms with E-state index in [0.29, 0.717) is 18.4 Å². The van der Waals surface area contributed by atoms with E-state index in [4.69, 9.17) is 10.5 Å². The molecule has 0 aromatic rings. The summed E-state index contributed by atoms with van der Waals surface area (Å²) in [5.74, 6) is 0.922. The first-order chi connectivity index (χ1) is 7.58. The lowest BCUT2D eigenvalue weighted by molar-refractivity contribution is 0.130. The Morgan fingerprint density at radius 2 is 2.06 bits per heavy atom. The zero-order valence-electron chi connectivity index (χ0n) is 10.5. The van der Waals surface area contributed by atoms with Crippen molar-refractivity contribution in [2.45, 2.75) is 6.42 Å². The van der Waals surface area contributed by atoms with Crippen LogP contribution in [0.3, 0.4) is 0 Å². The molecule has 1 rings (SSSR count). The molecule has 1 amide bonds. The van der Waals surface area contributed by atoms with Gasteiger partial charge in [0.25, 0.3) is 0 Å². The number of amides is 1. The number of hydrogen-bond donors (Lipinski definition) is 1. The Labute approximate surface area is 97.5 Å². The topological polar surface area (TPSA) is 58.8 Å². The van der Waals surface area contributed by atoms with Crippen LogP contribution in [0.1, 0.15) is 6.42 Å². The van der Waals surface area contributed by atoms with Crippen molar-refractivity contribution in [3.63, 3.8) is 0 Å². The first-order valence-corrected chi connectivity index (χ1v) is 5.76. The third-order valence-electron chi connectivity index (χ3n) is 3.26. The molecule has 5 heteroatoms. The van der Waals surface area contributed by atoms with E-state index in [1.807, 2.05) is 0 Å². The molecule has 1 saturated heterocycles. The third-order valence-corrected chi connectivity index (χ3v) is 3.26. The van der Waals surface area contributed by atoms with Crippen LogP contribution in [0.5, 0.6) is 0 Å². The molecule has 5 nitrogen and oxygen atoms in total. The van der Waals surface area contributed by atoms with Crippen LogP contribution < -0.4 is 5.73 Å². The first-order valence-electron chi connectivity index (χ1n) is 5.76. The molecule has 0 saturated carbocycles. The monoisotopic (exact) mass is 229 g/mol. The molecule has 94 valence electrons. The quantitative estimate of drug-likeness (QED) is 0.749. The lowest BCUT2D eigenvalue weighted by atomic mass is 9.93. The molecule has 0 radical (unpaired) electrons. The summed E-state index contributed by atoms with van der Waals surface area (Å²) in [4.78, 5) is 15.3. The van der Waals surface area contributed by atoms with Crippen LogP contribution in [0.25, 0.3) is 0 Å². The van der Waals surface area contributed by atoms with E-state index in [9.17, 15) is 4.79 Å². The van der Waals surface area contributed by atoms with Crippen molar-refractivity contribution in [1.29, 1.82) is 0 Å². The van der Waals surface area contributed by atoms with Crippen molar-refractivity contribution in [3.8, 4) is 0 Å². The van der Waals surface area contributed by atoms with Gasteiger partial charge in [0, 0.05) is 13.1 Å². The minimum atomic E-state index is -0.231. The summed E-state index contributed by atoms with van der Waals surface area (Å²) in [6, 6.07) is 0. The summed E-state index contributed by atoms with van der Waals surface area (Å²) in [7, 11) is 5.54. The fourth-order valence-corrected chi connectivity index (χ4v) is 2.23. The van der Waals surface area contributed by atoms with Gasteiger partial charge >= 0.3 is 6.09 Å². The van der Waals surface area contributed by atoms with Crippen molar-refractivity contribution >= 4 is 6.09 Å². The lowest BCUT2D eigenvalue weighted by Crippen LogP contribution is -2.29. The van der Waals surface area contributed by atoms with Gasteiger partial charge in [0.2, 0.25) is 0 Å². The second kappa shape index (κ2) is 6.06. The second-order valence-electron chi connectivity index (χ2n) is 4.72. The van der Waals surface area contributed by atoms with E-state index in [-0.39, 0.29) is 6.09 Å². The van der Waals surface area contributed by atoms with Crippen molar-refractivity contribution in [3.05, 3.63) is 0 Å². The molecule has 0 aromatic carbocycles. The number of carbonyl (C=O) groups is 1. The maximum Gasteiger partial charge on any atom is 0.409 e. The number of carbonyl (C=O) groups excluding carboxylic acids is 1. The van der Waals surface area contributed by atoms with E-state index in [0.717, 1.165) is 26.1 Å². The molecule has 0 aliphatic carbocycles. The Bertz CT molecular complexity index is 233. The maximum atomic E-state index is 11.4. The Balaban J connectivity index is 2.47.